The molecule has 0 radical (unpaired) electrons. The summed E-state index contributed by atoms with van der Waals surface area (Å²) in [5.41, 5.74) is 2.63. The lowest BCUT2D eigenvalue weighted by Crippen LogP contribution is -2.17. The molecule has 1 N–H and O–H groups in total. The van der Waals surface area contributed by atoms with E-state index in [4.69, 9.17) is 17.5 Å². The Morgan fingerprint density at radius 1 is 1.37 bits per heavy atom. The average molecular weight is 336 g/mol. The summed E-state index contributed by atoms with van der Waals surface area (Å²) >= 11 is 8.88. The smallest absolute Gasteiger partial charge is 0.182 e. The topological polar surface area (TPSA) is 44.5 Å². The summed E-state index contributed by atoms with van der Waals surface area (Å²) in [4.78, 5) is 3.09. The molecule has 0 spiro atoms. The Morgan fingerprint density at radius 3 is 2.58 bits per heavy atom. The summed E-state index contributed by atoms with van der Waals surface area (Å²) in [7, 11) is 0. The highest BCUT2D eigenvalue weighted by Gasteiger charge is 2.21. The van der Waals surface area contributed by atoms with Gasteiger partial charge in [0.1, 0.15) is 0 Å². The number of nitrogens with one attached hydrogen (secondary N) is 1. The number of rotatable bonds is 1. The number of hydrogen-bond donors (Lipinski definition) is 1. The summed E-state index contributed by atoms with van der Waals surface area (Å²) in [6.07, 6.45) is 1.94. The third-order valence-corrected chi connectivity index (χ3v) is 3.80. The molecule has 0 aliphatic rings. The molecule has 1 aromatic heterocycles. The van der Waals surface area contributed by atoms with Gasteiger partial charge in [-0.3, -0.25) is 4.57 Å². The van der Waals surface area contributed by atoms with Gasteiger partial charge in [-0.25, -0.2) is 0 Å². The first-order chi connectivity index (χ1) is 8.84. The normalized spacial score (nSPS) is 11.3. The van der Waals surface area contributed by atoms with Gasteiger partial charge >= 0.3 is 0 Å². The van der Waals surface area contributed by atoms with Gasteiger partial charge in [-0.05, 0) is 46.3 Å². The maximum absolute atomic E-state index is 8.92. The molecule has 5 heteroatoms. The van der Waals surface area contributed by atoms with E-state index in [-0.39, 0.29) is 5.41 Å². The zero-order chi connectivity index (χ0) is 14.2. The van der Waals surface area contributed by atoms with E-state index in [0.717, 1.165) is 15.9 Å². The van der Waals surface area contributed by atoms with Crippen LogP contribution in [0.4, 0.5) is 0 Å². The number of hydrogen-bond acceptors (Lipinski definition) is 2. The second-order valence-electron chi connectivity index (χ2n) is 5.34. The molecule has 0 saturated heterocycles. The molecule has 0 saturated carbocycles. The number of H-pyrrole nitrogens is 1. The molecule has 0 amide bonds. The Labute approximate surface area is 126 Å². The molecule has 1 heterocycles. The molecule has 0 aliphatic heterocycles. The standard InChI is InChI=1S/C14H14BrN3S/c1-14(2,3)12-8-17-13(19)18(12)11-5-4-9(7-16)6-10(11)15/h4-6,8H,1-3H3,(H,17,19). The summed E-state index contributed by atoms with van der Waals surface area (Å²) in [5.74, 6) is 0. The number of imidazole rings is 1. The van der Waals surface area contributed by atoms with E-state index in [2.05, 4.69) is 47.8 Å². The quantitative estimate of drug-likeness (QED) is 0.781. The zero-order valence-electron chi connectivity index (χ0n) is 11.0. The van der Waals surface area contributed by atoms with Gasteiger partial charge in [0.05, 0.1) is 17.3 Å². The van der Waals surface area contributed by atoms with E-state index >= 15 is 0 Å². The lowest BCUT2D eigenvalue weighted by molar-refractivity contribution is 0.555. The Hall–Kier alpha value is -1.38. The van der Waals surface area contributed by atoms with Gasteiger partial charge in [0, 0.05) is 21.8 Å². The molecular formula is C14H14BrN3S. The number of aromatic nitrogens is 2. The van der Waals surface area contributed by atoms with Crippen LogP contribution in [0.25, 0.3) is 5.69 Å². The van der Waals surface area contributed by atoms with Crippen LogP contribution in [0.15, 0.2) is 28.9 Å². The monoisotopic (exact) mass is 335 g/mol. The summed E-state index contributed by atoms with van der Waals surface area (Å²) in [6, 6.07) is 7.63. The number of nitrogens with zero attached hydrogens (tertiary/aromatic N) is 2. The van der Waals surface area contributed by atoms with Crippen molar-refractivity contribution < 1.29 is 0 Å². The highest BCUT2D eigenvalue weighted by atomic mass is 79.9. The van der Waals surface area contributed by atoms with Crippen molar-refractivity contribution in [2.75, 3.05) is 0 Å². The van der Waals surface area contributed by atoms with Crippen LogP contribution < -0.4 is 0 Å². The molecule has 0 atom stereocenters. The van der Waals surface area contributed by atoms with Gasteiger partial charge in [0.25, 0.3) is 0 Å². The first-order valence-corrected chi connectivity index (χ1v) is 7.05. The Balaban J connectivity index is 2.70. The van der Waals surface area contributed by atoms with Crippen molar-refractivity contribution in [1.82, 2.24) is 9.55 Å². The molecule has 3 nitrogen and oxygen atoms in total. The Morgan fingerprint density at radius 2 is 2.05 bits per heavy atom. The molecular weight excluding hydrogens is 322 g/mol. The van der Waals surface area contributed by atoms with Gasteiger partial charge in [-0.1, -0.05) is 20.8 Å². The van der Waals surface area contributed by atoms with Crippen LogP contribution in [0.5, 0.6) is 0 Å². The molecule has 0 unspecified atom stereocenters. The fourth-order valence-corrected chi connectivity index (χ4v) is 2.73. The van der Waals surface area contributed by atoms with Gasteiger partial charge in [0.15, 0.2) is 4.77 Å². The van der Waals surface area contributed by atoms with Crippen LogP contribution in [-0.2, 0) is 5.41 Å². The Bertz CT molecular complexity index is 714. The SMILES string of the molecule is CC(C)(C)c1c[nH]c(=S)n1-c1ccc(C#N)cc1Br. The fourth-order valence-electron chi connectivity index (χ4n) is 1.92. The third-order valence-electron chi connectivity index (χ3n) is 2.86. The van der Waals surface area contributed by atoms with Crippen LogP contribution in [0.3, 0.4) is 0 Å². The minimum Gasteiger partial charge on any atom is -0.337 e. The number of nitriles is 1. The van der Waals surface area contributed by atoms with Crippen molar-refractivity contribution in [1.29, 1.82) is 5.26 Å². The van der Waals surface area contributed by atoms with E-state index in [1.165, 1.54) is 0 Å². The maximum atomic E-state index is 8.92. The van der Waals surface area contributed by atoms with Gasteiger partial charge in [0.2, 0.25) is 0 Å². The average Bonchev–Trinajstić information content (AvgIpc) is 2.71. The second kappa shape index (κ2) is 4.95. The minimum atomic E-state index is -0.0269. The molecule has 2 aromatic rings. The van der Waals surface area contributed by atoms with E-state index in [0.29, 0.717) is 10.3 Å². The highest BCUT2D eigenvalue weighted by Crippen LogP contribution is 2.29. The van der Waals surface area contributed by atoms with Crippen LogP contribution in [0, 0.1) is 16.1 Å². The molecule has 0 aliphatic carbocycles. The molecule has 0 fully saturated rings. The second-order valence-corrected chi connectivity index (χ2v) is 6.58. The first-order valence-electron chi connectivity index (χ1n) is 5.85. The third kappa shape index (κ3) is 2.65. The van der Waals surface area contributed by atoms with Crippen LogP contribution >= 0.6 is 28.1 Å². The molecule has 98 valence electrons. The maximum Gasteiger partial charge on any atom is 0.182 e. The lowest BCUT2D eigenvalue weighted by Gasteiger charge is -2.21. The first kappa shape index (κ1) is 14.0. The van der Waals surface area contributed by atoms with E-state index < -0.39 is 0 Å². The largest absolute Gasteiger partial charge is 0.337 e. The lowest BCUT2D eigenvalue weighted by atomic mass is 9.92. The highest BCUT2D eigenvalue weighted by molar-refractivity contribution is 9.10. The van der Waals surface area contributed by atoms with Crippen LogP contribution in [0.2, 0.25) is 0 Å². The summed E-state index contributed by atoms with van der Waals surface area (Å²) in [6.45, 7) is 6.41. The van der Waals surface area contributed by atoms with E-state index in [1.807, 2.05) is 16.8 Å². The van der Waals surface area contributed by atoms with Crippen molar-refractivity contribution >= 4 is 28.1 Å². The predicted molar refractivity (Wildman–Crippen MR) is 82.1 cm³/mol. The van der Waals surface area contributed by atoms with Crippen LogP contribution in [0.1, 0.15) is 32.0 Å². The predicted octanol–water partition coefficient (Wildman–Crippen LogP) is 4.47. The van der Waals surface area contributed by atoms with Crippen molar-refractivity contribution in [3.8, 4) is 11.8 Å². The van der Waals surface area contributed by atoms with Gasteiger partial charge in [-0.2, -0.15) is 5.26 Å². The van der Waals surface area contributed by atoms with Crippen LogP contribution in [-0.4, -0.2) is 9.55 Å². The van der Waals surface area contributed by atoms with Gasteiger partial charge in [-0.15, -0.1) is 0 Å². The van der Waals surface area contributed by atoms with E-state index in [1.54, 1.807) is 12.1 Å². The zero-order valence-corrected chi connectivity index (χ0v) is 13.4. The molecule has 0 bridgehead atoms. The summed E-state index contributed by atoms with van der Waals surface area (Å²) < 4.78 is 3.50. The minimum absolute atomic E-state index is 0.0269. The fraction of sp³-hybridized carbons (Fsp3) is 0.286. The molecule has 2 rings (SSSR count). The number of aromatic amines is 1. The van der Waals surface area contributed by atoms with Crippen molar-refractivity contribution in [3.63, 3.8) is 0 Å². The van der Waals surface area contributed by atoms with Gasteiger partial charge < -0.3 is 4.98 Å². The molecule has 1 aromatic carbocycles. The number of halogens is 1. The Kier molecular flexibility index (Phi) is 3.66. The summed E-state index contributed by atoms with van der Waals surface area (Å²) in [5, 5.41) is 8.92. The van der Waals surface area contributed by atoms with E-state index in [9.17, 15) is 0 Å². The van der Waals surface area contributed by atoms with Crippen molar-refractivity contribution in [2.45, 2.75) is 26.2 Å². The van der Waals surface area contributed by atoms with Crippen molar-refractivity contribution in [2.24, 2.45) is 0 Å². The van der Waals surface area contributed by atoms with Crippen molar-refractivity contribution in [3.05, 3.63) is 44.9 Å². The number of benzene rings is 1. The molecule has 19 heavy (non-hydrogen) atoms.